The van der Waals surface area contributed by atoms with Crippen molar-refractivity contribution in [1.29, 1.82) is 0 Å². The number of aliphatic carboxylic acids is 1. The van der Waals surface area contributed by atoms with Crippen LogP contribution in [-0.2, 0) is 28.4 Å². The molecule has 5 nitrogen and oxygen atoms in total. The maximum atomic E-state index is 12.8. The Morgan fingerprint density at radius 3 is 2.52 bits per heavy atom. The zero-order valence-electron chi connectivity index (χ0n) is 13.2. The first kappa shape index (κ1) is 16.2. The Morgan fingerprint density at radius 2 is 1.91 bits per heavy atom. The molecule has 1 amide bonds. The van der Waals surface area contributed by atoms with E-state index in [9.17, 15) is 18.9 Å². The van der Waals surface area contributed by atoms with Gasteiger partial charge in [-0.25, -0.2) is 0 Å². The molecule has 1 fully saturated rings. The summed E-state index contributed by atoms with van der Waals surface area (Å²) >= 11 is 0. The Kier molecular flexibility index (Phi) is 4.27. The van der Waals surface area contributed by atoms with Crippen LogP contribution >= 0.6 is 0 Å². The summed E-state index contributed by atoms with van der Waals surface area (Å²) in [7, 11) is -1.45. The van der Waals surface area contributed by atoms with Crippen LogP contribution in [0.15, 0.2) is 18.2 Å². The highest BCUT2D eigenvalue weighted by atomic mass is 32.2. The first-order valence-corrected chi connectivity index (χ1v) is 9.48. The third kappa shape index (κ3) is 2.69. The second kappa shape index (κ2) is 6.07. The summed E-state index contributed by atoms with van der Waals surface area (Å²) in [5, 5.41) is 9.43. The first-order chi connectivity index (χ1) is 11.0. The average Bonchev–Trinajstić information content (AvgIpc) is 3.02. The van der Waals surface area contributed by atoms with Gasteiger partial charge in [0.1, 0.15) is 4.75 Å². The fraction of sp³-hybridized carbons (Fsp3) is 0.529. The van der Waals surface area contributed by atoms with Crippen molar-refractivity contribution < 1.29 is 18.9 Å². The fourth-order valence-corrected chi connectivity index (χ4v) is 4.69. The van der Waals surface area contributed by atoms with E-state index in [4.69, 9.17) is 0 Å². The normalized spacial score (nSPS) is 20.8. The number of fused-ring (bicyclic) bond motifs is 1. The number of carbonyl (C=O) groups excluding carboxylic acids is 1. The van der Waals surface area contributed by atoms with Crippen molar-refractivity contribution in [1.82, 2.24) is 4.90 Å². The van der Waals surface area contributed by atoms with Crippen LogP contribution in [0.4, 0.5) is 0 Å². The van der Waals surface area contributed by atoms with Crippen molar-refractivity contribution in [2.75, 3.05) is 19.3 Å². The molecule has 6 heteroatoms. The number of benzene rings is 1. The number of carbonyl (C=O) groups is 2. The summed E-state index contributed by atoms with van der Waals surface area (Å²) in [6, 6.07) is 5.86. The summed E-state index contributed by atoms with van der Waals surface area (Å²) < 4.78 is 10.7. The van der Waals surface area contributed by atoms with Gasteiger partial charge in [-0.1, -0.05) is 12.1 Å². The fourth-order valence-electron chi connectivity index (χ4n) is 3.69. The van der Waals surface area contributed by atoms with Crippen LogP contribution in [0.1, 0.15) is 40.7 Å². The molecule has 3 rings (SSSR count). The van der Waals surface area contributed by atoms with Gasteiger partial charge in [-0.2, -0.15) is 0 Å². The highest BCUT2D eigenvalue weighted by molar-refractivity contribution is 7.86. The Hall–Kier alpha value is -1.69. The largest absolute Gasteiger partial charge is 0.480 e. The number of amides is 1. The van der Waals surface area contributed by atoms with Crippen molar-refractivity contribution in [2.45, 2.75) is 36.9 Å². The number of carboxylic acids is 1. The molecule has 1 atom stereocenters. The van der Waals surface area contributed by atoms with Gasteiger partial charge in [0.15, 0.2) is 0 Å². The Balaban J connectivity index is 1.78. The molecule has 1 aliphatic heterocycles. The molecule has 0 spiro atoms. The Morgan fingerprint density at radius 1 is 1.22 bits per heavy atom. The van der Waals surface area contributed by atoms with Crippen molar-refractivity contribution in [2.24, 2.45) is 0 Å². The summed E-state index contributed by atoms with van der Waals surface area (Å²) in [5.74, 6) is -1.05. The molecule has 1 heterocycles. The molecule has 1 N–H and O–H groups in total. The zero-order chi connectivity index (χ0) is 16.6. The van der Waals surface area contributed by atoms with Crippen molar-refractivity contribution in [3.63, 3.8) is 0 Å². The van der Waals surface area contributed by atoms with Gasteiger partial charge in [-0.3, -0.25) is 13.8 Å². The van der Waals surface area contributed by atoms with E-state index in [1.54, 1.807) is 4.90 Å². The van der Waals surface area contributed by atoms with Gasteiger partial charge in [0.2, 0.25) is 0 Å². The van der Waals surface area contributed by atoms with E-state index in [1.807, 2.05) is 12.1 Å². The van der Waals surface area contributed by atoms with E-state index < -0.39 is 21.5 Å². The Labute approximate surface area is 138 Å². The lowest BCUT2D eigenvalue weighted by Gasteiger charge is -2.37. The number of hydrogen-bond acceptors (Lipinski definition) is 3. The topological polar surface area (TPSA) is 74.7 Å². The third-order valence-corrected chi connectivity index (χ3v) is 6.86. The summed E-state index contributed by atoms with van der Waals surface area (Å²) in [6.45, 7) is 0.683. The predicted octanol–water partition coefficient (Wildman–Crippen LogP) is 1.61. The molecule has 0 aromatic heterocycles. The lowest BCUT2D eigenvalue weighted by Crippen LogP contribution is -2.53. The number of hydrogen-bond donors (Lipinski definition) is 1. The van der Waals surface area contributed by atoms with E-state index >= 15 is 0 Å². The summed E-state index contributed by atoms with van der Waals surface area (Å²) in [5.41, 5.74) is 3.15. The molecule has 2 aliphatic rings. The van der Waals surface area contributed by atoms with E-state index in [2.05, 4.69) is 6.07 Å². The van der Waals surface area contributed by atoms with Gasteiger partial charge < -0.3 is 10.0 Å². The quantitative estimate of drug-likeness (QED) is 0.911. The zero-order valence-corrected chi connectivity index (χ0v) is 14.0. The minimum absolute atomic E-state index is 0.0235. The molecule has 23 heavy (non-hydrogen) atoms. The Bertz CT molecular complexity index is 661. The predicted molar refractivity (Wildman–Crippen MR) is 88.0 cm³/mol. The average molecular weight is 335 g/mol. The number of rotatable bonds is 3. The van der Waals surface area contributed by atoms with Crippen LogP contribution in [0.3, 0.4) is 0 Å². The van der Waals surface area contributed by atoms with Crippen LogP contribution in [0.2, 0.25) is 0 Å². The molecular weight excluding hydrogens is 314 g/mol. The number of piperidine rings is 1. The standard InChI is InChI=1S/C17H21NO4S/c1-23(22)17(16(20)21)8-10-18(11-9-17)15(19)14-7-3-5-12-4-2-6-13(12)14/h3,5,7H,2,4,6,8-11H2,1H3,(H,20,21)/t23-/m0/s1. The first-order valence-electron chi connectivity index (χ1n) is 7.93. The molecule has 1 aromatic carbocycles. The van der Waals surface area contributed by atoms with Gasteiger partial charge in [0, 0.05) is 35.7 Å². The van der Waals surface area contributed by atoms with Gasteiger partial charge in [-0.15, -0.1) is 0 Å². The highest BCUT2D eigenvalue weighted by Crippen LogP contribution is 2.31. The smallest absolute Gasteiger partial charge is 0.322 e. The summed E-state index contributed by atoms with van der Waals surface area (Å²) in [6.07, 6.45) is 4.96. The minimum atomic E-state index is -1.45. The minimum Gasteiger partial charge on any atom is -0.480 e. The molecular formula is C17H21NO4S. The number of nitrogens with zero attached hydrogens (tertiary/aromatic N) is 1. The van der Waals surface area contributed by atoms with Crippen LogP contribution in [0.5, 0.6) is 0 Å². The monoisotopic (exact) mass is 335 g/mol. The number of aryl methyl sites for hydroxylation is 1. The third-order valence-electron chi connectivity index (χ3n) is 5.17. The molecule has 0 radical (unpaired) electrons. The van der Waals surface area contributed by atoms with Gasteiger partial charge in [-0.05, 0) is 49.3 Å². The van der Waals surface area contributed by atoms with Crippen LogP contribution < -0.4 is 0 Å². The maximum Gasteiger partial charge on any atom is 0.322 e. The molecule has 0 saturated carbocycles. The molecule has 0 unspecified atom stereocenters. The molecule has 124 valence electrons. The molecule has 1 aliphatic carbocycles. The number of carboxylic acid groups (broad SMARTS) is 1. The van der Waals surface area contributed by atoms with Gasteiger partial charge >= 0.3 is 5.97 Å². The van der Waals surface area contributed by atoms with Crippen molar-refractivity contribution in [3.8, 4) is 0 Å². The van der Waals surface area contributed by atoms with E-state index in [-0.39, 0.29) is 18.7 Å². The van der Waals surface area contributed by atoms with E-state index in [1.165, 1.54) is 11.8 Å². The summed E-state index contributed by atoms with van der Waals surface area (Å²) in [4.78, 5) is 26.0. The lowest BCUT2D eigenvalue weighted by atomic mass is 9.94. The SMILES string of the molecule is C[S@](=O)C1(C(=O)O)CCN(C(=O)c2cccc3c2CCC3)CC1. The second-order valence-electron chi connectivity index (χ2n) is 6.34. The van der Waals surface area contributed by atoms with Crippen LogP contribution in [-0.4, -0.2) is 50.2 Å². The number of likely N-dealkylation sites (tertiary alicyclic amines) is 1. The lowest BCUT2D eigenvalue weighted by molar-refractivity contribution is -0.141. The van der Waals surface area contributed by atoms with Gasteiger partial charge in [0.25, 0.3) is 5.91 Å². The van der Waals surface area contributed by atoms with Gasteiger partial charge in [0.05, 0.1) is 0 Å². The van der Waals surface area contributed by atoms with E-state index in [0.29, 0.717) is 13.1 Å². The van der Waals surface area contributed by atoms with E-state index in [0.717, 1.165) is 30.4 Å². The van der Waals surface area contributed by atoms with Crippen molar-refractivity contribution >= 4 is 22.7 Å². The molecule has 0 bridgehead atoms. The van der Waals surface area contributed by atoms with Crippen molar-refractivity contribution in [3.05, 3.63) is 34.9 Å². The maximum absolute atomic E-state index is 12.8. The van der Waals surface area contributed by atoms with Crippen LogP contribution in [0.25, 0.3) is 0 Å². The molecule has 1 saturated heterocycles. The molecule has 1 aromatic rings. The highest BCUT2D eigenvalue weighted by Gasteiger charge is 2.46. The second-order valence-corrected chi connectivity index (χ2v) is 8.03. The van der Waals surface area contributed by atoms with Crippen LogP contribution in [0, 0.1) is 0 Å².